The second-order valence-electron chi connectivity index (χ2n) is 13.2. The molecule has 2 aromatic carbocycles. The van der Waals surface area contributed by atoms with Crippen LogP contribution in [0.2, 0.25) is 0 Å². The second-order valence-corrected chi connectivity index (χ2v) is 14.2. The first kappa shape index (κ1) is 41.0. The van der Waals surface area contributed by atoms with Crippen LogP contribution in [0.1, 0.15) is 57.1 Å². The number of hydrogen-bond acceptors (Lipinski definition) is 8. The minimum atomic E-state index is -1.08. The molecule has 0 aromatic heterocycles. The van der Waals surface area contributed by atoms with Gasteiger partial charge >= 0.3 is 0 Å². The lowest BCUT2D eigenvalue weighted by atomic mass is 10.0. The highest BCUT2D eigenvalue weighted by molar-refractivity contribution is 7.98. The lowest BCUT2D eigenvalue weighted by Gasteiger charge is -2.27. The van der Waals surface area contributed by atoms with Gasteiger partial charge in [-0.15, -0.1) is 0 Å². The third-order valence-electron chi connectivity index (χ3n) is 8.51. The highest BCUT2D eigenvalue weighted by atomic mass is 32.2. The monoisotopic (exact) mass is 723 g/mol. The van der Waals surface area contributed by atoms with Crippen molar-refractivity contribution in [3.05, 3.63) is 71.8 Å². The normalized spacial score (nSPS) is 16.5. The van der Waals surface area contributed by atoms with Gasteiger partial charge in [-0.3, -0.25) is 28.8 Å². The fourth-order valence-electron chi connectivity index (χ4n) is 5.77. The molecule has 51 heavy (non-hydrogen) atoms. The zero-order valence-corrected chi connectivity index (χ0v) is 30.6. The summed E-state index contributed by atoms with van der Waals surface area (Å²) in [6, 6.07) is 14.1. The van der Waals surface area contributed by atoms with E-state index in [0.717, 1.165) is 30.5 Å². The molecule has 1 fully saturated rings. The minimum absolute atomic E-state index is 0.0255. The lowest BCUT2D eigenvalue weighted by Crippen LogP contribution is -2.58. The fourth-order valence-corrected chi connectivity index (χ4v) is 6.24. The van der Waals surface area contributed by atoms with Gasteiger partial charge in [0.2, 0.25) is 35.4 Å². The van der Waals surface area contributed by atoms with Crippen LogP contribution >= 0.6 is 11.8 Å². The molecule has 0 spiro atoms. The van der Waals surface area contributed by atoms with Gasteiger partial charge in [0.25, 0.3) is 0 Å². The molecule has 3 rings (SSSR count). The number of piperidine rings is 1. The summed E-state index contributed by atoms with van der Waals surface area (Å²) in [5.74, 6) is -2.63. The summed E-state index contributed by atoms with van der Waals surface area (Å²) >= 11 is 1.51. The van der Waals surface area contributed by atoms with E-state index in [1.165, 1.54) is 11.8 Å². The van der Waals surface area contributed by atoms with E-state index in [0.29, 0.717) is 18.6 Å². The Hall–Kier alpha value is -4.43. The molecular formula is C37H53N7O6S. The number of benzene rings is 2. The summed E-state index contributed by atoms with van der Waals surface area (Å²) in [4.78, 5) is 78.8. The SMILES string of the molecule is CSCC[C@@H](NC(=O)[C@H](CC(C)C)NC(=O)CNC(=O)[C@H](Cc1ccccc1)NC(=O)[C@H](Cc1ccccc1)NC(=O)[C@@H]1CCCCN1)C(N)=O. The number of carbonyl (C=O) groups is 6. The fraction of sp³-hybridized carbons (Fsp3) is 0.514. The van der Waals surface area contributed by atoms with Crippen LogP contribution in [-0.4, -0.2) is 90.8 Å². The molecule has 0 aliphatic carbocycles. The van der Waals surface area contributed by atoms with E-state index in [1.54, 1.807) is 0 Å². The Labute approximate surface area is 304 Å². The molecule has 0 radical (unpaired) electrons. The molecule has 6 amide bonds. The highest BCUT2D eigenvalue weighted by Gasteiger charge is 2.31. The van der Waals surface area contributed by atoms with Crippen molar-refractivity contribution in [2.75, 3.05) is 25.1 Å². The van der Waals surface area contributed by atoms with Crippen molar-refractivity contribution in [2.24, 2.45) is 11.7 Å². The third kappa shape index (κ3) is 14.8. The second kappa shape index (κ2) is 21.7. The van der Waals surface area contributed by atoms with E-state index in [1.807, 2.05) is 80.8 Å². The van der Waals surface area contributed by atoms with Crippen LogP contribution in [0.15, 0.2) is 60.7 Å². The van der Waals surface area contributed by atoms with Gasteiger partial charge in [0, 0.05) is 12.8 Å². The van der Waals surface area contributed by atoms with E-state index < -0.39 is 66.3 Å². The third-order valence-corrected chi connectivity index (χ3v) is 9.15. The topological polar surface area (TPSA) is 201 Å². The molecule has 1 aliphatic rings. The molecular weight excluding hydrogens is 671 g/mol. The van der Waals surface area contributed by atoms with Gasteiger partial charge in [-0.2, -0.15) is 11.8 Å². The van der Waals surface area contributed by atoms with Gasteiger partial charge in [0.1, 0.15) is 24.2 Å². The zero-order valence-electron chi connectivity index (χ0n) is 29.7. The molecule has 14 heteroatoms. The largest absolute Gasteiger partial charge is 0.368 e. The number of hydrogen-bond donors (Lipinski definition) is 7. The maximum atomic E-state index is 13.8. The maximum absolute atomic E-state index is 13.8. The Bertz CT molecular complexity index is 1440. The van der Waals surface area contributed by atoms with Crippen molar-refractivity contribution in [2.45, 2.75) is 89.0 Å². The molecule has 1 heterocycles. The van der Waals surface area contributed by atoms with Crippen molar-refractivity contribution in [3.63, 3.8) is 0 Å². The first-order chi connectivity index (χ1) is 24.5. The standard InChI is InChI=1S/C37H53N7O6S/c1-24(2)20-29(36(49)42-27(33(38)46)17-19-51-3)41-32(45)23-40-34(47)30(21-25-12-6-4-7-13-25)43-37(50)31(22-26-14-8-5-9-15-26)44-35(48)28-16-10-11-18-39-28/h4-9,12-15,24,27-31,39H,10-11,16-23H2,1-3H3,(H2,38,46)(H,40,47)(H,41,45)(H,42,49)(H,43,50)(H,44,48)/t27-,28+,29+,30+,31+/m1/s1. The molecule has 278 valence electrons. The molecule has 8 N–H and O–H groups in total. The molecule has 1 saturated heterocycles. The molecule has 1 aliphatic heterocycles. The van der Waals surface area contributed by atoms with E-state index in [2.05, 4.69) is 31.9 Å². The van der Waals surface area contributed by atoms with Gasteiger partial charge in [-0.1, -0.05) is 80.9 Å². The summed E-state index contributed by atoms with van der Waals surface area (Å²) in [5, 5.41) is 16.8. The van der Waals surface area contributed by atoms with Gasteiger partial charge < -0.3 is 37.6 Å². The molecule has 13 nitrogen and oxygen atoms in total. The minimum Gasteiger partial charge on any atom is -0.368 e. The summed E-state index contributed by atoms with van der Waals surface area (Å²) in [6.45, 7) is 4.04. The van der Waals surface area contributed by atoms with Crippen LogP contribution in [-0.2, 0) is 41.6 Å². The summed E-state index contributed by atoms with van der Waals surface area (Å²) in [7, 11) is 0. The number of carbonyl (C=O) groups excluding carboxylic acids is 6. The maximum Gasteiger partial charge on any atom is 0.243 e. The van der Waals surface area contributed by atoms with E-state index in [9.17, 15) is 28.8 Å². The Morgan fingerprint density at radius 1 is 0.765 bits per heavy atom. The summed E-state index contributed by atoms with van der Waals surface area (Å²) in [6.07, 6.45) is 5.39. The average Bonchev–Trinajstić information content (AvgIpc) is 3.12. The average molecular weight is 724 g/mol. The summed E-state index contributed by atoms with van der Waals surface area (Å²) < 4.78 is 0. The van der Waals surface area contributed by atoms with Crippen LogP contribution < -0.4 is 37.6 Å². The van der Waals surface area contributed by atoms with E-state index in [4.69, 9.17) is 5.73 Å². The predicted molar refractivity (Wildman–Crippen MR) is 198 cm³/mol. The Morgan fingerprint density at radius 3 is 1.86 bits per heavy atom. The van der Waals surface area contributed by atoms with Gasteiger partial charge in [-0.25, -0.2) is 0 Å². The Balaban J connectivity index is 1.72. The van der Waals surface area contributed by atoms with Crippen molar-refractivity contribution in [1.29, 1.82) is 0 Å². The molecule has 0 saturated carbocycles. The van der Waals surface area contributed by atoms with E-state index in [-0.39, 0.29) is 31.1 Å². The Kier molecular flexibility index (Phi) is 17.5. The smallest absolute Gasteiger partial charge is 0.243 e. The van der Waals surface area contributed by atoms with Crippen LogP contribution in [0, 0.1) is 5.92 Å². The van der Waals surface area contributed by atoms with Crippen molar-refractivity contribution < 1.29 is 28.8 Å². The highest BCUT2D eigenvalue weighted by Crippen LogP contribution is 2.11. The van der Waals surface area contributed by atoms with Gasteiger partial charge in [0.15, 0.2) is 0 Å². The number of nitrogens with two attached hydrogens (primary N) is 1. The molecule has 5 atom stereocenters. The van der Waals surface area contributed by atoms with Gasteiger partial charge in [-0.05, 0) is 61.3 Å². The van der Waals surface area contributed by atoms with Crippen LogP contribution in [0.25, 0.3) is 0 Å². The number of primary amides is 1. The summed E-state index contributed by atoms with van der Waals surface area (Å²) in [5.41, 5.74) is 7.10. The molecule has 0 unspecified atom stereocenters. The number of thioether (sulfide) groups is 1. The lowest BCUT2D eigenvalue weighted by molar-refractivity contribution is -0.133. The first-order valence-electron chi connectivity index (χ1n) is 17.5. The van der Waals surface area contributed by atoms with Crippen molar-refractivity contribution >= 4 is 47.2 Å². The molecule has 2 aromatic rings. The van der Waals surface area contributed by atoms with E-state index >= 15 is 0 Å². The number of nitrogens with one attached hydrogen (secondary N) is 6. The van der Waals surface area contributed by atoms with Crippen LogP contribution in [0.4, 0.5) is 0 Å². The predicted octanol–water partition coefficient (Wildman–Crippen LogP) is 0.954. The van der Waals surface area contributed by atoms with Crippen molar-refractivity contribution in [1.82, 2.24) is 31.9 Å². The Morgan fingerprint density at radius 2 is 1.33 bits per heavy atom. The molecule has 0 bridgehead atoms. The quantitative estimate of drug-likeness (QED) is 0.105. The van der Waals surface area contributed by atoms with Gasteiger partial charge in [0.05, 0.1) is 12.6 Å². The number of amides is 6. The number of rotatable bonds is 20. The van der Waals surface area contributed by atoms with Crippen LogP contribution in [0.5, 0.6) is 0 Å². The zero-order chi connectivity index (χ0) is 37.2. The first-order valence-corrected chi connectivity index (χ1v) is 18.9. The van der Waals surface area contributed by atoms with Crippen LogP contribution in [0.3, 0.4) is 0 Å². The van der Waals surface area contributed by atoms with Crippen molar-refractivity contribution in [3.8, 4) is 0 Å².